The molecule has 0 bridgehead atoms. The minimum absolute atomic E-state index is 0.285. The lowest BCUT2D eigenvalue weighted by Crippen LogP contribution is -2.51. The van der Waals surface area contributed by atoms with Crippen LogP contribution in [0.3, 0.4) is 0 Å². The molecular formula is C27H34Cl2N6O5. The molecule has 2 aromatic heterocycles. The van der Waals surface area contributed by atoms with Gasteiger partial charge in [0.05, 0.1) is 48.7 Å². The average Bonchev–Trinajstić information content (AvgIpc) is 3.29. The van der Waals surface area contributed by atoms with E-state index in [2.05, 4.69) is 15.8 Å². The maximum absolute atomic E-state index is 12.5. The lowest BCUT2D eigenvalue weighted by atomic mass is 10.1. The molecule has 2 N–H and O–H groups in total. The van der Waals surface area contributed by atoms with Gasteiger partial charge in [0.15, 0.2) is 5.82 Å². The summed E-state index contributed by atoms with van der Waals surface area (Å²) in [6.07, 6.45) is 0.464. The van der Waals surface area contributed by atoms with Gasteiger partial charge in [-0.25, -0.2) is 14.8 Å². The van der Waals surface area contributed by atoms with Gasteiger partial charge in [0.25, 0.3) is 0 Å². The normalized spacial score (nSPS) is 15.2. The van der Waals surface area contributed by atoms with Crippen molar-refractivity contribution in [1.29, 1.82) is 0 Å². The largest absolute Gasteiger partial charge is 0.494 e. The number of aromatic nitrogens is 3. The van der Waals surface area contributed by atoms with Gasteiger partial charge in [-0.3, -0.25) is 4.90 Å². The third-order valence-electron chi connectivity index (χ3n) is 6.37. The molecule has 11 nitrogen and oxygen atoms in total. The second-order valence-electron chi connectivity index (χ2n) is 9.21. The minimum Gasteiger partial charge on any atom is -0.494 e. The molecule has 4 rings (SSSR count). The van der Waals surface area contributed by atoms with Gasteiger partial charge in [0.1, 0.15) is 28.0 Å². The van der Waals surface area contributed by atoms with Crippen molar-refractivity contribution in [2.75, 3.05) is 58.4 Å². The number of nitrogens with one attached hydrogen (secondary N) is 2. The molecule has 1 unspecified atom stereocenters. The standard InChI is InChI=1S/C27H34Cl2N6O5/c1-5-38-27(36)35-10-12-37-15-18(35)14-31-26-23(29)24(22-16(2)34-40-17(22)3)32-25(33-26)20-13-19(7-8-21(20)28)39-11-6-9-30-4/h7-8,13,18,30H,5-6,9-12,14-15H2,1-4H3,(H,31,32,33). The van der Waals surface area contributed by atoms with Crippen molar-refractivity contribution in [1.82, 2.24) is 25.3 Å². The fourth-order valence-corrected chi connectivity index (χ4v) is 4.81. The van der Waals surface area contributed by atoms with Gasteiger partial charge in [-0.2, -0.15) is 0 Å². The van der Waals surface area contributed by atoms with Crippen LogP contribution < -0.4 is 15.4 Å². The maximum atomic E-state index is 12.5. The quantitative estimate of drug-likeness (QED) is 0.294. The molecule has 0 spiro atoms. The molecule has 0 aliphatic carbocycles. The van der Waals surface area contributed by atoms with Gasteiger partial charge in [-0.05, 0) is 59.0 Å². The summed E-state index contributed by atoms with van der Waals surface area (Å²) < 4.78 is 22.2. The number of morpholine rings is 1. The predicted molar refractivity (Wildman–Crippen MR) is 153 cm³/mol. The zero-order valence-electron chi connectivity index (χ0n) is 23.1. The van der Waals surface area contributed by atoms with Crippen molar-refractivity contribution >= 4 is 35.1 Å². The Bertz CT molecular complexity index is 1300. The van der Waals surface area contributed by atoms with Crippen LogP contribution in [-0.4, -0.2) is 85.3 Å². The van der Waals surface area contributed by atoms with E-state index in [0.29, 0.717) is 83.6 Å². The molecule has 1 amide bonds. The van der Waals surface area contributed by atoms with E-state index in [1.807, 2.05) is 26.1 Å². The lowest BCUT2D eigenvalue weighted by Gasteiger charge is -2.34. The van der Waals surface area contributed by atoms with E-state index >= 15 is 0 Å². The number of rotatable bonds is 11. The van der Waals surface area contributed by atoms with Gasteiger partial charge in [0, 0.05) is 18.7 Å². The summed E-state index contributed by atoms with van der Waals surface area (Å²) in [4.78, 5) is 23.7. The Morgan fingerprint density at radius 3 is 2.80 bits per heavy atom. The van der Waals surface area contributed by atoms with Crippen LogP contribution in [0, 0.1) is 13.8 Å². The molecule has 0 saturated carbocycles. The van der Waals surface area contributed by atoms with E-state index in [9.17, 15) is 4.79 Å². The van der Waals surface area contributed by atoms with Crippen molar-refractivity contribution < 1.29 is 23.5 Å². The van der Waals surface area contributed by atoms with Crippen LogP contribution in [0.2, 0.25) is 10.0 Å². The highest BCUT2D eigenvalue weighted by Crippen LogP contribution is 2.38. The first-order chi connectivity index (χ1) is 19.3. The summed E-state index contributed by atoms with van der Waals surface area (Å²) in [5.74, 6) is 1.92. The number of ether oxygens (including phenoxy) is 3. The summed E-state index contributed by atoms with van der Waals surface area (Å²) in [6, 6.07) is 5.08. The maximum Gasteiger partial charge on any atom is 0.410 e. The fourth-order valence-electron chi connectivity index (χ4n) is 4.36. The Kier molecular flexibility index (Phi) is 10.4. The van der Waals surface area contributed by atoms with Crippen molar-refractivity contribution in [2.45, 2.75) is 33.2 Å². The number of nitrogens with zero attached hydrogens (tertiary/aromatic N) is 4. The Morgan fingerprint density at radius 1 is 1.25 bits per heavy atom. The van der Waals surface area contributed by atoms with E-state index < -0.39 is 0 Å². The highest BCUT2D eigenvalue weighted by atomic mass is 35.5. The summed E-state index contributed by atoms with van der Waals surface area (Å²) in [5, 5.41) is 11.2. The molecule has 40 heavy (non-hydrogen) atoms. The van der Waals surface area contributed by atoms with Crippen LogP contribution >= 0.6 is 23.2 Å². The molecule has 3 heterocycles. The monoisotopic (exact) mass is 592 g/mol. The Hall–Kier alpha value is -3.12. The summed E-state index contributed by atoms with van der Waals surface area (Å²) in [5.41, 5.74) is 2.33. The third kappa shape index (κ3) is 6.95. The molecule has 1 aliphatic heterocycles. The number of amides is 1. The number of benzene rings is 1. The number of carbonyl (C=O) groups excluding carboxylic acids is 1. The zero-order valence-corrected chi connectivity index (χ0v) is 24.6. The number of aryl methyl sites for hydroxylation is 2. The van der Waals surface area contributed by atoms with Crippen LogP contribution in [0.15, 0.2) is 22.7 Å². The van der Waals surface area contributed by atoms with E-state index in [0.717, 1.165) is 13.0 Å². The van der Waals surface area contributed by atoms with E-state index in [-0.39, 0.29) is 23.8 Å². The van der Waals surface area contributed by atoms with E-state index in [1.165, 1.54) is 0 Å². The summed E-state index contributed by atoms with van der Waals surface area (Å²) >= 11 is 13.5. The SMILES string of the molecule is CCOC(=O)N1CCOCC1CNc1nc(-c2cc(OCCCNC)ccc2Cl)nc(-c2c(C)noc2C)c1Cl. The number of anilines is 1. The van der Waals surface area contributed by atoms with Crippen LogP contribution in [0.5, 0.6) is 5.75 Å². The zero-order chi connectivity index (χ0) is 28.6. The van der Waals surface area contributed by atoms with Crippen LogP contribution in [0.4, 0.5) is 10.6 Å². The van der Waals surface area contributed by atoms with Gasteiger partial charge >= 0.3 is 6.09 Å². The second kappa shape index (κ2) is 14.0. The number of carbonyl (C=O) groups is 1. The third-order valence-corrected chi connectivity index (χ3v) is 7.06. The summed E-state index contributed by atoms with van der Waals surface area (Å²) in [7, 11) is 1.90. The molecular weight excluding hydrogens is 559 g/mol. The Morgan fingerprint density at radius 2 is 2.08 bits per heavy atom. The molecule has 13 heteroatoms. The van der Waals surface area contributed by atoms with Gasteiger partial charge in [-0.15, -0.1) is 0 Å². The first kappa shape index (κ1) is 29.9. The predicted octanol–water partition coefficient (Wildman–Crippen LogP) is 4.98. The van der Waals surface area contributed by atoms with Gasteiger partial charge in [-0.1, -0.05) is 28.4 Å². The van der Waals surface area contributed by atoms with E-state index in [4.69, 9.17) is 51.9 Å². The van der Waals surface area contributed by atoms with Crippen LogP contribution in [0.25, 0.3) is 22.6 Å². The molecule has 1 aliphatic rings. The minimum atomic E-state index is -0.387. The lowest BCUT2D eigenvalue weighted by molar-refractivity contribution is -0.00378. The Labute approximate surface area is 243 Å². The first-order valence-electron chi connectivity index (χ1n) is 13.2. The molecule has 1 fully saturated rings. The van der Waals surface area contributed by atoms with Crippen molar-refractivity contribution in [2.24, 2.45) is 0 Å². The average molecular weight is 594 g/mol. The number of hydrogen-bond acceptors (Lipinski definition) is 10. The molecule has 1 atom stereocenters. The van der Waals surface area contributed by atoms with Crippen molar-refractivity contribution in [3.63, 3.8) is 0 Å². The number of halogens is 2. The first-order valence-corrected chi connectivity index (χ1v) is 13.9. The molecule has 216 valence electrons. The molecule has 0 radical (unpaired) electrons. The van der Waals surface area contributed by atoms with Crippen molar-refractivity contribution in [3.8, 4) is 28.4 Å². The van der Waals surface area contributed by atoms with Crippen molar-refractivity contribution in [3.05, 3.63) is 39.7 Å². The summed E-state index contributed by atoms with van der Waals surface area (Å²) in [6.45, 7) is 8.59. The van der Waals surface area contributed by atoms with Crippen LogP contribution in [0.1, 0.15) is 24.8 Å². The number of hydrogen-bond donors (Lipinski definition) is 2. The van der Waals surface area contributed by atoms with Crippen LogP contribution in [-0.2, 0) is 9.47 Å². The van der Waals surface area contributed by atoms with Gasteiger partial charge in [0.2, 0.25) is 0 Å². The Balaban J connectivity index is 1.70. The smallest absolute Gasteiger partial charge is 0.410 e. The molecule has 1 aromatic carbocycles. The molecule has 1 saturated heterocycles. The highest BCUT2D eigenvalue weighted by molar-refractivity contribution is 6.35. The molecule has 3 aromatic rings. The second-order valence-corrected chi connectivity index (χ2v) is 9.99. The topological polar surface area (TPSA) is 124 Å². The van der Waals surface area contributed by atoms with Gasteiger partial charge < -0.3 is 29.4 Å². The van der Waals surface area contributed by atoms with E-state index in [1.54, 1.807) is 24.8 Å². The fraction of sp³-hybridized carbons (Fsp3) is 0.481. The highest BCUT2D eigenvalue weighted by Gasteiger charge is 2.29.